The molecule has 3 aromatic carbocycles. The minimum Gasteiger partial charge on any atom is -0.258 e. The molecule has 108 valence electrons. The molecule has 0 unspecified atom stereocenters. The maximum Gasteiger partial charge on any atom is 0.277 e. The second-order valence-electron chi connectivity index (χ2n) is 4.62. The Kier molecular flexibility index (Phi) is 3.00. The van der Waals surface area contributed by atoms with Gasteiger partial charge in [0.15, 0.2) is 0 Å². The molecule has 0 amide bonds. The molecule has 3 aromatic rings. The predicted molar refractivity (Wildman–Crippen MR) is 89.0 cm³/mol. The smallest absolute Gasteiger partial charge is 0.258 e. The van der Waals surface area contributed by atoms with Crippen LogP contribution < -0.4 is 0 Å². The summed E-state index contributed by atoms with van der Waals surface area (Å²) < 4.78 is 23.7. The van der Waals surface area contributed by atoms with E-state index in [2.05, 4.69) is 0 Å². The zero-order valence-corrected chi connectivity index (χ0v) is 12.1. The average molecular weight is 313 g/mol. The zero-order chi connectivity index (χ0) is 18.1. The van der Waals surface area contributed by atoms with E-state index in [1.807, 2.05) is 36.4 Å². The largest absolute Gasteiger partial charge is 0.277 e. The molecule has 0 saturated carbocycles. The summed E-state index contributed by atoms with van der Waals surface area (Å²) in [4.78, 5) is 10.7. The van der Waals surface area contributed by atoms with E-state index in [4.69, 9.17) is 15.7 Å². The highest BCUT2D eigenvalue weighted by atomic mass is 35.5. The Labute approximate surface area is 137 Å². The van der Waals surface area contributed by atoms with Gasteiger partial charge < -0.3 is 0 Å². The first-order chi connectivity index (χ1) is 11.9. The lowest BCUT2D eigenvalue weighted by Crippen LogP contribution is -1.92. The Hall–Kier alpha value is -2.65. The third-order valence-corrected chi connectivity index (χ3v) is 3.39. The molecule has 0 radical (unpaired) electrons. The van der Waals surface area contributed by atoms with Crippen molar-refractivity contribution in [2.75, 3.05) is 0 Å². The summed E-state index contributed by atoms with van der Waals surface area (Å²) in [5.41, 5.74) is 1.53. The molecule has 0 aliphatic rings. The number of halogens is 1. The molecule has 3 rings (SSSR count). The van der Waals surface area contributed by atoms with Crippen molar-refractivity contribution in [3.8, 4) is 22.3 Å². The van der Waals surface area contributed by atoms with Gasteiger partial charge in [-0.1, -0.05) is 60.1 Å². The Morgan fingerprint density at radius 3 is 2.36 bits per heavy atom. The molecule has 0 heterocycles. The molecule has 0 spiro atoms. The highest BCUT2D eigenvalue weighted by molar-refractivity contribution is 6.31. The van der Waals surface area contributed by atoms with Gasteiger partial charge in [-0.25, -0.2) is 0 Å². The summed E-state index contributed by atoms with van der Waals surface area (Å²) in [6.07, 6.45) is 0. The quantitative estimate of drug-likeness (QED) is 0.468. The maximum atomic E-state index is 11.5. The summed E-state index contributed by atoms with van der Waals surface area (Å²) in [5, 5.41) is 11.2. The first-order valence-electron chi connectivity index (χ1n) is 8.01. The Bertz CT molecular complexity index is 978. The maximum absolute atomic E-state index is 11.5. The van der Waals surface area contributed by atoms with E-state index in [9.17, 15) is 10.1 Å². The van der Waals surface area contributed by atoms with Gasteiger partial charge in [-0.15, -0.1) is 0 Å². The van der Waals surface area contributed by atoms with Crippen LogP contribution in [-0.4, -0.2) is 4.92 Å². The first-order valence-corrected chi connectivity index (χ1v) is 6.89. The second kappa shape index (κ2) is 6.00. The third kappa shape index (κ3) is 2.85. The summed E-state index contributed by atoms with van der Waals surface area (Å²) in [5.74, 6) is 0. The number of nitro groups is 1. The first kappa shape index (κ1) is 11.0. The number of nitrogens with zero attached hydrogens (tertiary/aromatic N) is 1. The minimum absolute atomic E-state index is 0.0474. The van der Waals surface area contributed by atoms with Crippen molar-refractivity contribution >= 4 is 17.3 Å². The highest BCUT2D eigenvalue weighted by Gasteiger charge is 2.16. The summed E-state index contributed by atoms with van der Waals surface area (Å²) in [6, 6.07) is 15.0. The summed E-state index contributed by atoms with van der Waals surface area (Å²) in [6.45, 7) is 0. The fourth-order valence-electron chi connectivity index (χ4n) is 2.21. The molecule has 0 aromatic heterocycles. The molecule has 22 heavy (non-hydrogen) atoms. The lowest BCUT2D eigenvalue weighted by atomic mass is 9.98. The van der Waals surface area contributed by atoms with Crippen molar-refractivity contribution in [1.82, 2.24) is 0 Å². The van der Waals surface area contributed by atoms with Gasteiger partial charge in [0, 0.05) is 11.1 Å². The van der Waals surface area contributed by atoms with E-state index in [1.54, 1.807) is 18.2 Å². The van der Waals surface area contributed by atoms with Crippen LogP contribution in [0.1, 0.15) is 4.11 Å². The molecule has 4 heteroatoms. The molecule has 0 atom stereocenters. The summed E-state index contributed by atoms with van der Waals surface area (Å²) in [7, 11) is 0. The van der Waals surface area contributed by atoms with Crippen molar-refractivity contribution in [3.63, 3.8) is 0 Å². The van der Waals surface area contributed by atoms with Crippen molar-refractivity contribution in [1.29, 1.82) is 0 Å². The molecule has 0 N–H and O–H groups in total. The van der Waals surface area contributed by atoms with E-state index < -0.39 is 22.7 Å². The number of rotatable bonds is 3. The molecule has 0 fully saturated rings. The second-order valence-corrected chi connectivity index (χ2v) is 4.99. The van der Waals surface area contributed by atoms with E-state index in [1.165, 1.54) is 0 Å². The van der Waals surface area contributed by atoms with Crippen LogP contribution in [0.2, 0.25) is 5.02 Å². The van der Waals surface area contributed by atoms with E-state index >= 15 is 0 Å². The number of benzene rings is 3. The minimum atomic E-state index is -0.737. The van der Waals surface area contributed by atoms with Gasteiger partial charge in [0.1, 0.15) is 0 Å². The molecular formula is C18H12ClNO2. The van der Waals surface area contributed by atoms with Crippen LogP contribution in [0.4, 0.5) is 5.69 Å². The third-order valence-electron chi connectivity index (χ3n) is 3.20. The predicted octanol–water partition coefficient (Wildman–Crippen LogP) is 5.58. The van der Waals surface area contributed by atoms with Gasteiger partial charge >= 0.3 is 0 Å². The normalized spacial score (nSPS) is 12.3. The van der Waals surface area contributed by atoms with Crippen LogP contribution in [0.5, 0.6) is 0 Å². The van der Waals surface area contributed by atoms with Crippen LogP contribution in [0, 0.1) is 10.1 Å². The summed E-state index contributed by atoms with van der Waals surface area (Å²) >= 11 is 5.95. The standard InChI is InChI=1S/C18H12ClNO2/c19-16-9-10-18(20(21)22)17(12-16)15-8-4-7-14(11-15)13-5-2-1-3-6-13/h1-12H/i9D,10D,12D. The Morgan fingerprint density at radius 1 is 0.955 bits per heavy atom. The molecule has 0 aliphatic carbocycles. The van der Waals surface area contributed by atoms with E-state index in [0.717, 1.165) is 11.1 Å². The SMILES string of the molecule is [2H]c1c([2H])c([N+](=O)[O-])c(-c2cccc(-c3ccccc3)c2)c([2H])c1Cl. The van der Waals surface area contributed by atoms with Crippen LogP contribution in [0.3, 0.4) is 0 Å². The van der Waals surface area contributed by atoms with Crippen molar-refractivity contribution < 1.29 is 9.04 Å². The van der Waals surface area contributed by atoms with Crippen molar-refractivity contribution in [3.05, 3.63) is 87.9 Å². The van der Waals surface area contributed by atoms with Gasteiger partial charge in [0.2, 0.25) is 0 Å². The number of nitro benzene ring substituents is 1. The molecule has 0 aliphatic heterocycles. The van der Waals surface area contributed by atoms with Crippen molar-refractivity contribution in [2.24, 2.45) is 0 Å². The van der Waals surface area contributed by atoms with Gasteiger partial charge in [0.25, 0.3) is 5.69 Å². The fourth-order valence-corrected chi connectivity index (χ4v) is 2.35. The topological polar surface area (TPSA) is 43.1 Å². The molecular weight excluding hydrogens is 298 g/mol. The van der Waals surface area contributed by atoms with Gasteiger partial charge in [-0.05, 0) is 34.8 Å². The average Bonchev–Trinajstić information content (AvgIpc) is 2.63. The van der Waals surface area contributed by atoms with Crippen LogP contribution in [0.25, 0.3) is 22.3 Å². The van der Waals surface area contributed by atoms with Gasteiger partial charge in [-0.2, -0.15) is 0 Å². The fraction of sp³-hybridized carbons (Fsp3) is 0. The Morgan fingerprint density at radius 2 is 1.64 bits per heavy atom. The zero-order valence-electron chi connectivity index (χ0n) is 14.3. The van der Waals surface area contributed by atoms with E-state index in [0.29, 0.717) is 5.56 Å². The molecule has 0 saturated heterocycles. The monoisotopic (exact) mass is 312 g/mol. The highest BCUT2D eigenvalue weighted by Crippen LogP contribution is 2.34. The van der Waals surface area contributed by atoms with Crippen molar-refractivity contribution in [2.45, 2.75) is 0 Å². The van der Waals surface area contributed by atoms with Gasteiger partial charge in [-0.3, -0.25) is 10.1 Å². The van der Waals surface area contributed by atoms with Crippen LogP contribution in [0.15, 0.2) is 72.7 Å². The van der Waals surface area contributed by atoms with Crippen LogP contribution >= 0.6 is 11.6 Å². The molecule has 0 bridgehead atoms. The van der Waals surface area contributed by atoms with E-state index in [-0.39, 0.29) is 16.6 Å². The lowest BCUT2D eigenvalue weighted by molar-refractivity contribution is -0.384. The van der Waals surface area contributed by atoms with Crippen LogP contribution in [-0.2, 0) is 0 Å². The Balaban J connectivity index is 2.29. The molecule has 3 nitrogen and oxygen atoms in total. The lowest BCUT2D eigenvalue weighted by Gasteiger charge is -2.07. The number of hydrogen-bond acceptors (Lipinski definition) is 2. The van der Waals surface area contributed by atoms with Gasteiger partial charge in [0.05, 0.1) is 14.6 Å². The number of hydrogen-bond donors (Lipinski definition) is 0.